The molecule has 3 heteroatoms. The SMILES string of the molecule is Cc1cccc(-c2n[nH]c(C3CCCCC3)n2)c1. The number of aromatic nitrogens is 3. The fourth-order valence-corrected chi connectivity index (χ4v) is 2.75. The molecule has 0 amide bonds. The topological polar surface area (TPSA) is 41.6 Å². The van der Waals surface area contributed by atoms with Crippen LogP contribution in [0.3, 0.4) is 0 Å². The Morgan fingerprint density at radius 1 is 1.17 bits per heavy atom. The molecule has 0 saturated heterocycles. The molecule has 1 fully saturated rings. The highest BCUT2D eigenvalue weighted by Crippen LogP contribution is 2.31. The lowest BCUT2D eigenvalue weighted by Crippen LogP contribution is -2.06. The average molecular weight is 241 g/mol. The van der Waals surface area contributed by atoms with Crippen molar-refractivity contribution in [3.63, 3.8) is 0 Å². The van der Waals surface area contributed by atoms with E-state index in [2.05, 4.69) is 46.4 Å². The highest BCUT2D eigenvalue weighted by atomic mass is 15.2. The Bertz CT molecular complexity index is 524. The predicted octanol–water partition coefficient (Wildman–Crippen LogP) is 3.83. The molecule has 1 saturated carbocycles. The van der Waals surface area contributed by atoms with E-state index in [0.29, 0.717) is 5.92 Å². The van der Waals surface area contributed by atoms with Crippen molar-refractivity contribution in [1.29, 1.82) is 0 Å². The molecule has 1 aliphatic carbocycles. The Balaban J connectivity index is 1.84. The fourth-order valence-electron chi connectivity index (χ4n) is 2.75. The molecule has 1 heterocycles. The summed E-state index contributed by atoms with van der Waals surface area (Å²) in [4.78, 5) is 4.68. The van der Waals surface area contributed by atoms with Gasteiger partial charge in [0.05, 0.1) is 0 Å². The molecule has 3 nitrogen and oxygen atoms in total. The van der Waals surface area contributed by atoms with Crippen molar-refractivity contribution in [2.45, 2.75) is 44.9 Å². The quantitative estimate of drug-likeness (QED) is 0.868. The Labute approximate surface area is 108 Å². The molecule has 0 aliphatic heterocycles. The first kappa shape index (κ1) is 11.5. The van der Waals surface area contributed by atoms with E-state index in [4.69, 9.17) is 0 Å². The van der Waals surface area contributed by atoms with Crippen molar-refractivity contribution < 1.29 is 0 Å². The van der Waals surface area contributed by atoms with Crippen LogP contribution in [0.4, 0.5) is 0 Å². The molecule has 1 aliphatic rings. The van der Waals surface area contributed by atoms with Gasteiger partial charge < -0.3 is 0 Å². The molecule has 1 aromatic heterocycles. The Kier molecular flexibility index (Phi) is 3.13. The first-order valence-electron chi connectivity index (χ1n) is 6.82. The van der Waals surface area contributed by atoms with Gasteiger partial charge in [-0.3, -0.25) is 5.10 Å². The van der Waals surface area contributed by atoms with Gasteiger partial charge in [0.15, 0.2) is 5.82 Å². The second kappa shape index (κ2) is 4.92. The molecule has 3 rings (SSSR count). The van der Waals surface area contributed by atoms with Gasteiger partial charge in [-0.15, -0.1) is 0 Å². The third-order valence-corrected chi connectivity index (χ3v) is 3.77. The van der Waals surface area contributed by atoms with Gasteiger partial charge in [-0.1, -0.05) is 43.0 Å². The smallest absolute Gasteiger partial charge is 0.181 e. The summed E-state index contributed by atoms with van der Waals surface area (Å²) in [5.74, 6) is 2.50. The van der Waals surface area contributed by atoms with Crippen LogP contribution in [0, 0.1) is 6.92 Å². The van der Waals surface area contributed by atoms with Crippen LogP contribution in [0.2, 0.25) is 0 Å². The number of rotatable bonds is 2. The minimum atomic E-state index is 0.588. The number of nitrogens with one attached hydrogen (secondary N) is 1. The zero-order chi connectivity index (χ0) is 12.4. The number of benzene rings is 1. The molecule has 1 aromatic carbocycles. The number of aromatic amines is 1. The molecular formula is C15H19N3. The Hall–Kier alpha value is -1.64. The summed E-state index contributed by atoms with van der Waals surface area (Å²) in [7, 11) is 0. The van der Waals surface area contributed by atoms with Gasteiger partial charge >= 0.3 is 0 Å². The monoisotopic (exact) mass is 241 g/mol. The summed E-state index contributed by atoms with van der Waals surface area (Å²) < 4.78 is 0. The van der Waals surface area contributed by atoms with E-state index in [1.165, 1.54) is 37.7 Å². The van der Waals surface area contributed by atoms with Crippen LogP contribution in [-0.4, -0.2) is 15.2 Å². The predicted molar refractivity (Wildman–Crippen MR) is 72.4 cm³/mol. The average Bonchev–Trinajstić information content (AvgIpc) is 2.89. The van der Waals surface area contributed by atoms with Crippen molar-refractivity contribution in [3.05, 3.63) is 35.7 Å². The second-order valence-corrected chi connectivity index (χ2v) is 5.25. The maximum Gasteiger partial charge on any atom is 0.181 e. The molecule has 2 aromatic rings. The molecule has 94 valence electrons. The number of nitrogens with zero attached hydrogens (tertiary/aromatic N) is 2. The van der Waals surface area contributed by atoms with Crippen molar-refractivity contribution in [1.82, 2.24) is 15.2 Å². The van der Waals surface area contributed by atoms with Crippen LogP contribution in [-0.2, 0) is 0 Å². The van der Waals surface area contributed by atoms with E-state index in [0.717, 1.165) is 17.2 Å². The van der Waals surface area contributed by atoms with Gasteiger partial charge in [-0.2, -0.15) is 5.10 Å². The van der Waals surface area contributed by atoms with E-state index >= 15 is 0 Å². The number of aryl methyl sites for hydroxylation is 1. The van der Waals surface area contributed by atoms with E-state index in [9.17, 15) is 0 Å². The lowest BCUT2D eigenvalue weighted by Gasteiger charge is -2.18. The minimum Gasteiger partial charge on any atom is -0.262 e. The Morgan fingerprint density at radius 3 is 2.78 bits per heavy atom. The van der Waals surface area contributed by atoms with Gasteiger partial charge in [0.25, 0.3) is 0 Å². The van der Waals surface area contributed by atoms with Crippen molar-refractivity contribution in [3.8, 4) is 11.4 Å². The third-order valence-electron chi connectivity index (χ3n) is 3.77. The van der Waals surface area contributed by atoms with E-state index in [1.54, 1.807) is 0 Å². The summed E-state index contributed by atoms with van der Waals surface area (Å²) in [5.41, 5.74) is 2.35. The fraction of sp³-hybridized carbons (Fsp3) is 0.467. The summed E-state index contributed by atoms with van der Waals surface area (Å²) in [6.07, 6.45) is 6.52. The maximum absolute atomic E-state index is 4.68. The zero-order valence-electron chi connectivity index (χ0n) is 10.8. The highest BCUT2D eigenvalue weighted by Gasteiger charge is 2.19. The zero-order valence-corrected chi connectivity index (χ0v) is 10.8. The van der Waals surface area contributed by atoms with Gasteiger partial charge in [0, 0.05) is 11.5 Å². The van der Waals surface area contributed by atoms with Crippen LogP contribution in [0.25, 0.3) is 11.4 Å². The summed E-state index contributed by atoms with van der Waals surface area (Å²) >= 11 is 0. The van der Waals surface area contributed by atoms with Crippen LogP contribution < -0.4 is 0 Å². The maximum atomic E-state index is 4.68. The third kappa shape index (κ3) is 2.30. The molecule has 0 radical (unpaired) electrons. The Morgan fingerprint density at radius 2 is 2.00 bits per heavy atom. The van der Waals surface area contributed by atoms with Crippen molar-refractivity contribution in [2.75, 3.05) is 0 Å². The van der Waals surface area contributed by atoms with Crippen LogP contribution >= 0.6 is 0 Å². The summed E-state index contributed by atoms with van der Waals surface area (Å²) in [5, 5.41) is 7.50. The first-order chi connectivity index (χ1) is 8.83. The molecular weight excluding hydrogens is 222 g/mol. The van der Waals surface area contributed by atoms with E-state index in [1.807, 2.05) is 0 Å². The summed E-state index contributed by atoms with van der Waals surface area (Å²) in [6, 6.07) is 8.36. The number of hydrogen-bond acceptors (Lipinski definition) is 2. The molecule has 0 unspecified atom stereocenters. The van der Waals surface area contributed by atoms with Crippen LogP contribution in [0.15, 0.2) is 24.3 Å². The molecule has 18 heavy (non-hydrogen) atoms. The second-order valence-electron chi connectivity index (χ2n) is 5.25. The van der Waals surface area contributed by atoms with Gasteiger partial charge in [0.2, 0.25) is 0 Å². The van der Waals surface area contributed by atoms with E-state index in [-0.39, 0.29) is 0 Å². The van der Waals surface area contributed by atoms with Crippen molar-refractivity contribution >= 4 is 0 Å². The molecule has 0 spiro atoms. The number of H-pyrrole nitrogens is 1. The van der Waals surface area contributed by atoms with Gasteiger partial charge in [0.1, 0.15) is 5.82 Å². The van der Waals surface area contributed by atoms with E-state index < -0.39 is 0 Å². The van der Waals surface area contributed by atoms with Crippen LogP contribution in [0.5, 0.6) is 0 Å². The van der Waals surface area contributed by atoms with Gasteiger partial charge in [-0.25, -0.2) is 4.98 Å². The molecule has 1 N–H and O–H groups in total. The molecule has 0 atom stereocenters. The van der Waals surface area contributed by atoms with Gasteiger partial charge in [-0.05, 0) is 25.8 Å². The normalized spacial score (nSPS) is 16.9. The largest absolute Gasteiger partial charge is 0.262 e. The standard InChI is InChI=1S/C15H19N3/c1-11-6-5-9-13(10-11)15-16-14(17-18-15)12-7-3-2-4-8-12/h5-6,9-10,12H,2-4,7-8H2,1H3,(H,16,17,18). The first-order valence-corrected chi connectivity index (χ1v) is 6.82. The minimum absolute atomic E-state index is 0.588. The summed E-state index contributed by atoms with van der Waals surface area (Å²) in [6.45, 7) is 2.10. The number of hydrogen-bond donors (Lipinski definition) is 1. The highest BCUT2D eigenvalue weighted by molar-refractivity contribution is 5.55. The molecule has 0 bridgehead atoms. The lowest BCUT2D eigenvalue weighted by atomic mass is 9.89. The van der Waals surface area contributed by atoms with Crippen molar-refractivity contribution in [2.24, 2.45) is 0 Å². The van der Waals surface area contributed by atoms with Crippen LogP contribution in [0.1, 0.15) is 49.4 Å². The lowest BCUT2D eigenvalue weighted by molar-refractivity contribution is 0.429.